The lowest BCUT2D eigenvalue weighted by Gasteiger charge is -2.43. The molecule has 6 nitrogen and oxygen atoms in total. The van der Waals surface area contributed by atoms with Crippen LogP contribution in [0.1, 0.15) is 12.8 Å². The summed E-state index contributed by atoms with van der Waals surface area (Å²) in [5.74, 6) is 0. The number of nitrogens with one attached hydrogen (secondary N) is 1. The molecule has 1 unspecified atom stereocenters. The summed E-state index contributed by atoms with van der Waals surface area (Å²) in [5, 5.41) is 3.29. The van der Waals surface area contributed by atoms with E-state index in [1.54, 1.807) is 4.31 Å². The summed E-state index contributed by atoms with van der Waals surface area (Å²) in [6.07, 6.45) is 3.59. The predicted octanol–water partition coefficient (Wildman–Crippen LogP) is -0.420. The van der Waals surface area contributed by atoms with Crippen molar-refractivity contribution in [1.82, 2.24) is 14.5 Å². The standard InChI is InChI=1S/C13H27N3O3S/c1-14-10-13(4-3-9-19-12-13)11-15-5-7-16(8-6-15)20(2,17)18/h14H,3-12H2,1-2H3. The lowest BCUT2D eigenvalue weighted by Crippen LogP contribution is -2.54. The SMILES string of the molecule is CNCC1(CN2CCN(S(C)(=O)=O)CC2)CCCOC1. The molecule has 7 heteroatoms. The molecule has 2 aliphatic rings. The molecule has 2 rings (SSSR count). The summed E-state index contributed by atoms with van der Waals surface area (Å²) in [5.41, 5.74) is 0.181. The number of rotatable bonds is 5. The van der Waals surface area contributed by atoms with Crippen LogP contribution in [-0.4, -0.2) is 83.4 Å². The van der Waals surface area contributed by atoms with Crippen LogP contribution in [0, 0.1) is 5.41 Å². The molecule has 0 spiro atoms. The van der Waals surface area contributed by atoms with Crippen LogP contribution >= 0.6 is 0 Å². The highest BCUT2D eigenvalue weighted by Crippen LogP contribution is 2.29. The van der Waals surface area contributed by atoms with Gasteiger partial charge < -0.3 is 15.0 Å². The van der Waals surface area contributed by atoms with Crippen LogP contribution in [0.2, 0.25) is 0 Å². The zero-order valence-corrected chi connectivity index (χ0v) is 13.4. The van der Waals surface area contributed by atoms with Gasteiger partial charge in [-0.2, -0.15) is 4.31 Å². The van der Waals surface area contributed by atoms with Crippen molar-refractivity contribution < 1.29 is 13.2 Å². The van der Waals surface area contributed by atoms with Gasteiger partial charge in [0.15, 0.2) is 0 Å². The molecule has 1 atom stereocenters. The van der Waals surface area contributed by atoms with Crippen molar-refractivity contribution >= 4 is 10.0 Å². The van der Waals surface area contributed by atoms with E-state index in [0.717, 1.165) is 45.8 Å². The minimum Gasteiger partial charge on any atom is -0.381 e. The molecule has 2 fully saturated rings. The first-order chi connectivity index (χ1) is 9.45. The fourth-order valence-corrected chi connectivity index (χ4v) is 4.13. The van der Waals surface area contributed by atoms with E-state index in [0.29, 0.717) is 13.1 Å². The lowest BCUT2D eigenvalue weighted by atomic mass is 9.81. The molecule has 0 aromatic rings. The van der Waals surface area contributed by atoms with Gasteiger partial charge in [0, 0.05) is 51.3 Å². The molecule has 0 aliphatic carbocycles. The van der Waals surface area contributed by atoms with Gasteiger partial charge in [-0.15, -0.1) is 0 Å². The van der Waals surface area contributed by atoms with Gasteiger partial charge in [0.05, 0.1) is 12.9 Å². The zero-order chi connectivity index (χ0) is 14.6. The van der Waals surface area contributed by atoms with Crippen LogP contribution in [0.4, 0.5) is 0 Å². The number of hydrogen-bond donors (Lipinski definition) is 1. The molecular weight excluding hydrogens is 278 g/mol. The molecule has 2 saturated heterocycles. The quantitative estimate of drug-likeness (QED) is 0.747. The first-order valence-corrected chi connectivity index (χ1v) is 9.20. The van der Waals surface area contributed by atoms with Gasteiger partial charge in [0.2, 0.25) is 10.0 Å². The fraction of sp³-hybridized carbons (Fsp3) is 1.00. The molecule has 0 radical (unpaired) electrons. The van der Waals surface area contributed by atoms with E-state index in [1.165, 1.54) is 12.7 Å². The topological polar surface area (TPSA) is 61.9 Å². The minimum absolute atomic E-state index is 0.181. The molecule has 0 saturated carbocycles. The Hall–Kier alpha value is -0.210. The highest BCUT2D eigenvalue weighted by molar-refractivity contribution is 7.88. The molecule has 0 bridgehead atoms. The van der Waals surface area contributed by atoms with Crippen LogP contribution in [0.5, 0.6) is 0 Å². The molecule has 0 aromatic heterocycles. The van der Waals surface area contributed by atoms with Crippen molar-refractivity contribution in [3.63, 3.8) is 0 Å². The van der Waals surface area contributed by atoms with Crippen LogP contribution in [0.25, 0.3) is 0 Å². The third kappa shape index (κ3) is 4.14. The Labute approximate surface area is 122 Å². The second-order valence-corrected chi connectivity index (χ2v) is 8.11. The van der Waals surface area contributed by atoms with E-state index in [9.17, 15) is 8.42 Å². The third-order valence-corrected chi connectivity index (χ3v) is 5.62. The molecule has 2 aliphatic heterocycles. The van der Waals surface area contributed by atoms with Crippen LogP contribution in [0.15, 0.2) is 0 Å². The maximum absolute atomic E-state index is 11.5. The summed E-state index contributed by atoms with van der Waals surface area (Å²) in [4.78, 5) is 2.38. The van der Waals surface area contributed by atoms with Gasteiger partial charge in [-0.1, -0.05) is 0 Å². The first kappa shape index (κ1) is 16.2. The van der Waals surface area contributed by atoms with E-state index in [2.05, 4.69) is 10.2 Å². The van der Waals surface area contributed by atoms with Crippen molar-refractivity contribution in [3.8, 4) is 0 Å². The monoisotopic (exact) mass is 305 g/mol. The highest BCUT2D eigenvalue weighted by Gasteiger charge is 2.35. The van der Waals surface area contributed by atoms with Crippen LogP contribution in [0.3, 0.4) is 0 Å². The average molecular weight is 305 g/mol. The van der Waals surface area contributed by atoms with Crippen LogP contribution < -0.4 is 5.32 Å². The third-order valence-electron chi connectivity index (χ3n) is 4.32. The number of ether oxygens (including phenoxy) is 1. The molecule has 2 heterocycles. The maximum atomic E-state index is 11.5. The Kier molecular flexibility index (Phi) is 5.42. The molecular formula is C13H27N3O3S. The molecule has 118 valence electrons. The summed E-state index contributed by atoms with van der Waals surface area (Å²) in [7, 11) is -1.05. The van der Waals surface area contributed by atoms with Crippen molar-refractivity contribution in [1.29, 1.82) is 0 Å². The van der Waals surface area contributed by atoms with Gasteiger partial charge >= 0.3 is 0 Å². The van der Waals surface area contributed by atoms with E-state index in [-0.39, 0.29) is 5.41 Å². The number of hydrogen-bond acceptors (Lipinski definition) is 5. The van der Waals surface area contributed by atoms with Gasteiger partial charge in [-0.05, 0) is 19.9 Å². The number of sulfonamides is 1. The smallest absolute Gasteiger partial charge is 0.211 e. The van der Waals surface area contributed by atoms with Crippen molar-refractivity contribution in [2.24, 2.45) is 5.41 Å². The number of nitrogens with zero attached hydrogens (tertiary/aromatic N) is 2. The average Bonchev–Trinajstić information content (AvgIpc) is 2.39. The van der Waals surface area contributed by atoms with Gasteiger partial charge in [-0.25, -0.2) is 8.42 Å². The summed E-state index contributed by atoms with van der Waals surface area (Å²) >= 11 is 0. The Morgan fingerprint density at radius 1 is 1.25 bits per heavy atom. The summed E-state index contributed by atoms with van der Waals surface area (Å²) < 4.78 is 30.3. The van der Waals surface area contributed by atoms with Gasteiger partial charge in [0.1, 0.15) is 0 Å². The van der Waals surface area contributed by atoms with E-state index >= 15 is 0 Å². The normalized spacial score (nSPS) is 30.5. The first-order valence-electron chi connectivity index (χ1n) is 7.35. The fourth-order valence-electron chi connectivity index (χ4n) is 3.30. The predicted molar refractivity (Wildman–Crippen MR) is 79.3 cm³/mol. The van der Waals surface area contributed by atoms with Crippen LogP contribution in [-0.2, 0) is 14.8 Å². The Balaban J connectivity index is 1.89. The minimum atomic E-state index is -3.04. The largest absolute Gasteiger partial charge is 0.381 e. The molecule has 0 amide bonds. The second-order valence-electron chi connectivity index (χ2n) is 6.12. The highest BCUT2D eigenvalue weighted by atomic mass is 32.2. The summed E-state index contributed by atoms with van der Waals surface area (Å²) in [6.45, 7) is 6.47. The molecule has 0 aromatic carbocycles. The van der Waals surface area contributed by atoms with E-state index in [1.807, 2.05) is 7.05 Å². The Bertz CT molecular complexity index is 394. The Morgan fingerprint density at radius 3 is 2.45 bits per heavy atom. The molecule has 1 N–H and O–H groups in total. The summed E-state index contributed by atoms with van der Waals surface area (Å²) in [6, 6.07) is 0. The van der Waals surface area contributed by atoms with Crippen molar-refractivity contribution in [2.75, 3.05) is 65.8 Å². The Morgan fingerprint density at radius 2 is 1.95 bits per heavy atom. The van der Waals surface area contributed by atoms with Crippen molar-refractivity contribution in [3.05, 3.63) is 0 Å². The lowest BCUT2D eigenvalue weighted by molar-refractivity contribution is -0.0291. The molecule has 20 heavy (non-hydrogen) atoms. The van der Waals surface area contributed by atoms with E-state index in [4.69, 9.17) is 4.74 Å². The van der Waals surface area contributed by atoms with Gasteiger partial charge in [0.25, 0.3) is 0 Å². The van der Waals surface area contributed by atoms with Crippen molar-refractivity contribution in [2.45, 2.75) is 12.8 Å². The number of piperazine rings is 1. The maximum Gasteiger partial charge on any atom is 0.211 e. The van der Waals surface area contributed by atoms with Gasteiger partial charge in [-0.3, -0.25) is 0 Å². The zero-order valence-electron chi connectivity index (χ0n) is 12.6. The second kappa shape index (κ2) is 6.70. The van der Waals surface area contributed by atoms with E-state index < -0.39 is 10.0 Å².